The maximum absolute atomic E-state index is 6.19. The minimum Gasteiger partial charge on any atom is -0.415 e. The van der Waals surface area contributed by atoms with Crippen LogP contribution in [0.5, 0.6) is 0 Å². The van der Waals surface area contributed by atoms with Gasteiger partial charge in [0.1, 0.15) is 0 Å². The highest BCUT2D eigenvalue weighted by molar-refractivity contribution is 9.10. The Kier molecular flexibility index (Phi) is 4.42. The van der Waals surface area contributed by atoms with E-state index in [1.807, 2.05) is 22.9 Å². The molecule has 0 spiro atoms. The molecule has 0 saturated carbocycles. The average Bonchev–Trinajstić information content (AvgIpc) is 2.71. The minimum atomic E-state index is -1.66. The van der Waals surface area contributed by atoms with Crippen LogP contribution in [0.4, 0.5) is 0 Å². The third-order valence-corrected chi connectivity index (χ3v) is 9.36. The summed E-state index contributed by atoms with van der Waals surface area (Å²) in [5.41, 5.74) is 1.02. The molecule has 0 aliphatic carbocycles. The quantitative estimate of drug-likeness (QED) is 0.735. The Morgan fingerprint density at radius 1 is 1.30 bits per heavy atom. The molecule has 0 saturated heterocycles. The molecule has 2 aromatic rings. The first-order chi connectivity index (χ1) is 9.21. The van der Waals surface area contributed by atoms with Crippen molar-refractivity contribution in [2.75, 3.05) is 6.61 Å². The van der Waals surface area contributed by atoms with Gasteiger partial charge in [-0.1, -0.05) is 42.8 Å². The van der Waals surface area contributed by atoms with E-state index in [0.29, 0.717) is 0 Å². The van der Waals surface area contributed by atoms with Gasteiger partial charge in [-0.15, -0.1) is 0 Å². The summed E-state index contributed by atoms with van der Waals surface area (Å²) in [5.74, 6) is 0. The summed E-state index contributed by atoms with van der Waals surface area (Å²) < 4.78 is 9.25. The van der Waals surface area contributed by atoms with E-state index in [4.69, 9.17) is 4.43 Å². The van der Waals surface area contributed by atoms with E-state index in [-0.39, 0.29) is 5.04 Å². The number of nitrogens with zero attached hydrogens (tertiary/aromatic N) is 2. The lowest BCUT2D eigenvalue weighted by atomic mass is 10.2. The summed E-state index contributed by atoms with van der Waals surface area (Å²) in [4.78, 5) is 0. The summed E-state index contributed by atoms with van der Waals surface area (Å²) in [6.07, 6.45) is 2.08. The summed E-state index contributed by atoms with van der Waals surface area (Å²) in [5, 5.41) is 5.98. The van der Waals surface area contributed by atoms with Crippen LogP contribution in [0.15, 0.2) is 28.9 Å². The normalized spacial score (nSPS) is 13.1. The third-order valence-electron chi connectivity index (χ3n) is 4.13. The first-order valence-electron chi connectivity index (χ1n) is 6.96. The van der Waals surface area contributed by atoms with Gasteiger partial charge in [0.25, 0.3) is 0 Å². The van der Waals surface area contributed by atoms with Gasteiger partial charge in [-0.25, -0.2) is 0 Å². The fourth-order valence-corrected chi connectivity index (χ4v) is 3.28. The van der Waals surface area contributed by atoms with Crippen molar-refractivity contribution in [3.8, 4) is 0 Å². The fourth-order valence-electron chi connectivity index (χ4n) is 1.78. The molecule has 0 N–H and O–H groups in total. The molecule has 0 amide bonds. The van der Waals surface area contributed by atoms with Crippen LogP contribution in [0.1, 0.15) is 20.8 Å². The zero-order valence-corrected chi connectivity index (χ0v) is 15.5. The van der Waals surface area contributed by atoms with Gasteiger partial charge in [0.05, 0.1) is 18.7 Å². The first-order valence-corrected chi connectivity index (χ1v) is 10.7. The summed E-state index contributed by atoms with van der Waals surface area (Å²) >= 11 is 3.56. The van der Waals surface area contributed by atoms with Crippen molar-refractivity contribution >= 4 is 35.2 Å². The highest BCUT2D eigenvalue weighted by atomic mass is 79.9. The smallest absolute Gasteiger partial charge is 0.192 e. The number of rotatable bonds is 4. The van der Waals surface area contributed by atoms with E-state index in [1.54, 1.807) is 0 Å². The standard InChI is InChI=1S/C15H23BrN2OSi/c1-15(2,3)20(4,5)19-10-9-18-11-12-13(16)7-6-8-14(12)17-18/h6-8,11H,9-10H2,1-5H3. The van der Waals surface area contributed by atoms with Crippen molar-refractivity contribution in [3.05, 3.63) is 28.9 Å². The molecule has 1 heterocycles. The van der Waals surface area contributed by atoms with Crippen LogP contribution in [0, 0.1) is 0 Å². The number of benzene rings is 1. The molecule has 5 heteroatoms. The first kappa shape index (κ1) is 15.7. The van der Waals surface area contributed by atoms with Crippen LogP contribution in [0.25, 0.3) is 10.9 Å². The van der Waals surface area contributed by atoms with Crippen molar-refractivity contribution < 1.29 is 4.43 Å². The van der Waals surface area contributed by atoms with E-state index < -0.39 is 8.32 Å². The number of fused-ring (bicyclic) bond motifs is 1. The Morgan fingerprint density at radius 2 is 2.00 bits per heavy atom. The Balaban J connectivity index is 2.02. The molecule has 0 fully saturated rings. The molecule has 0 unspecified atom stereocenters. The van der Waals surface area contributed by atoms with Crippen LogP contribution in [0.3, 0.4) is 0 Å². The van der Waals surface area contributed by atoms with Gasteiger partial charge >= 0.3 is 0 Å². The maximum atomic E-state index is 6.19. The van der Waals surface area contributed by atoms with Gasteiger partial charge in [0.2, 0.25) is 0 Å². The molecule has 0 aliphatic heterocycles. The monoisotopic (exact) mass is 354 g/mol. The van der Waals surface area contributed by atoms with Crippen molar-refractivity contribution in [2.45, 2.75) is 45.4 Å². The van der Waals surface area contributed by atoms with Gasteiger partial charge in [0, 0.05) is 16.1 Å². The van der Waals surface area contributed by atoms with E-state index in [1.165, 1.54) is 0 Å². The number of halogens is 1. The Hall–Kier alpha value is -0.653. The number of hydrogen-bond acceptors (Lipinski definition) is 2. The lowest BCUT2D eigenvalue weighted by Gasteiger charge is -2.36. The van der Waals surface area contributed by atoms with Crippen molar-refractivity contribution in [2.24, 2.45) is 0 Å². The highest BCUT2D eigenvalue weighted by Crippen LogP contribution is 2.36. The number of hydrogen-bond donors (Lipinski definition) is 0. The molecule has 0 bridgehead atoms. The van der Waals surface area contributed by atoms with Crippen molar-refractivity contribution in [1.82, 2.24) is 9.78 Å². The Morgan fingerprint density at radius 3 is 2.60 bits per heavy atom. The van der Waals surface area contributed by atoms with E-state index in [2.05, 4.69) is 61.1 Å². The molecular formula is C15H23BrN2OSi. The Labute approximate surface area is 130 Å². The van der Waals surface area contributed by atoms with Gasteiger partial charge in [0.15, 0.2) is 8.32 Å². The third kappa shape index (κ3) is 3.32. The molecular weight excluding hydrogens is 332 g/mol. The van der Waals surface area contributed by atoms with Crippen LogP contribution in [-0.2, 0) is 11.0 Å². The molecule has 0 aliphatic rings. The van der Waals surface area contributed by atoms with Crippen molar-refractivity contribution in [3.63, 3.8) is 0 Å². The molecule has 20 heavy (non-hydrogen) atoms. The fraction of sp³-hybridized carbons (Fsp3) is 0.533. The summed E-state index contributed by atoms with van der Waals surface area (Å²) in [6.45, 7) is 12.9. The molecule has 110 valence electrons. The van der Waals surface area contributed by atoms with Crippen LogP contribution in [-0.4, -0.2) is 24.7 Å². The number of aromatic nitrogens is 2. The molecule has 0 radical (unpaired) electrons. The lowest BCUT2D eigenvalue weighted by molar-refractivity contribution is 0.266. The SMILES string of the molecule is CC(C)(C)[Si](C)(C)OCCn1cc2c(Br)cccc2n1. The maximum Gasteiger partial charge on any atom is 0.192 e. The second kappa shape index (κ2) is 5.62. The van der Waals surface area contributed by atoms with Gasteiger partial charge in [-0.3, -0.25) is 4.68 Å². The molecule has 1 aromatic carbocycles. The zero-order valence-electron chi connectivity index (χ0n) is 12.9. The van der Waals surface area contributed by atoms with E-state index in [0.717, 1.165) is 28.5 Å². The second-order valence-electron chi connectivity index (χ2n) is 6.67. The predicted octanol–water partition coefficient (Wildman–Crippen LogP) is 4.82. The van der Waals surface area contributed by atoms with Gasteiger partial charge in [-0.2, -0.15) is 5.10 Å². The summed E-state index contributed by atoms with van der Waals surface area (Å²) in [7, 11) is -1.66. The second-order valence-corrected chi connectivity index (χ2v) is 12.3. The lowest BCUT2D eigenvalue weighted by Crippen LogP contribution is -2.41. The highest BCUT2D eigenvalue weighted by Gasteiger charge is 2.36. The van der Waals surface area contributed by atoms with Crippen molar-refractivity contribution in [1.29, 1.82) is 0 Å². The topological polar surface area (TPSA) is 27.1 Å². The Bertz CT molecular complexity index is 601. The summed E-state index contributed by atoms with van der Waals surface area (Å²) in [6, 6.07) is 6.08. The van der Waals surface area contributed by atoms with E-state index in [9.17, 15) is 0 Å². The minimum absolute atomic E-state index is 0.255. The average molecular weight is 355 g/mol. The zero-order chi connectivity index (χ0) is 15.0. The van der Waals surface area contributed by atoms with Gasteiger partial charge in [-0.05, 0) is 30.3 Å². The molecule has 2 rings (SSSR count). The van der Waals surface area contributed by atoms with E-state index >= 15 is 0 Å². The predicted molar refractivity (Wildman–Crippen MR) is 90.6 cm³/mol. The molecule has 3 nitrogen and oxygen atoms in total. The van der Waals surface area contributed by atoms with Gasteiger partial charge < -0.3 is 4.43 Å². The van der Waals surface area contributed by atoms with Crippen LogP contribution in [0.2, 0.25) is 18.1 Å². The van der Waals surface area contributed by atoms with Crippen LogP contribution >= 0.6 is 15.9 Å². The molecule has 0 atom stereocenters. The largest absolute Gasteiger partial charge is 0.415 e. The molecule has 1 aromatic heterocycles. The van der Waals surface area contributed by atoms with Crippen LogP contribution < -0.4 is 0 Å².